The van der Waals surface area contributed by atoms with Crippen LogP contribution in [0.15, 0.2) is 71.3 Å². The second-order valence-corrected chi connectivity index (χ2v) is 8.59. The topological polar surface area (TPSA) is 51.1 Å². The van der Waals surface area contributed by atoms with E-state index in [9.17, 15) is 13.2 Å². The van der Waals surface area contributed by atoms with E-state index in [1.807, 2.05) is 23.6 Å². The Balaban J connectivity index is 1.46. The first kappa shape index (κ1) is 19.8. The molecule has 0 fully saturated rings. The molecule has 2 aromatic carbocycles. The summed E-state index contributed by atoms with van der Waals surface area (Å²) in [7, 11) is 0. The third-order valence-electron chi connectivity index (χ3n) is 4.62. The number of hydrogen-bond acceptors (Lipinski definition) is 7. The lowest BCUT2D eigenvalue weighted by Crippen LogP contribution is -2.06. The first-order chi connectivity index (χ1) is 15.0. The van der Waals surface area contributed by atoms with Crippen molar-refractivity contribution < 1.29 is 17.9 Å². The Hall–Kier alpha value is -3.11. The van der Waals surface area contributed by atoms with E-state index in [1.54, 1.807) is 35.5 Å². The Bertz CT molecular complexity index is 1220. The van der Waals surface area contributed by atoms with Gasteiger partial charge in [0.1, 0.15) is 11.5 Å². The number of ether oxygens (including phenoxy) is 1. The van der Waals surface area contributed by atoms with Gasteiger partial charge in [0.05, 0.1) is 24.5 Å². The summed E-state index contributed by atoms with van der Waals surface area (Å²) in [6, 6.07) is 10.7. The van der Waals surface area contributed by atoms with Gasteiger partial charge in [0, 0.05) is 27.6 Å². The number of fused-ring (bicyclic) bond motifs is 1. The lowest BCUT2D eigenvalue weighted by atomic mass is 10.0. The highest BCUT2D eigenvalue weighted by atomic mass is 32.2. The molecule has 0 unspecified atom stereocenters. The first-order valence-electron chi connectivity index (χ1n) is 9.11. The highest BCUT2D eigenvalue weighted by Crippen LogP contribution is 2.43. The summed E-state index contributed by atoms with van der Waals surface area (Å²) in [4.78, 5) is 5.43. The summed E-state index contributed by atoms with van der Waals surface area (Å²) < 4.78 is 47.9. The molecule has 4 aromatic rings. The summed E-state index contributed by atoms with van der Waals surface area (Å²) >= 11 is 3.16. The van der Waals surface area contributed by atoms with Gasteiger partial charge in [-0.05, 0) is 60.0 Å². The third-order valence-corrected chi connectivity index (χ3v) is 6.64. The summed E-state index contributed by atoms with van der Waals surface area (Å²) in [5.41, 5.74) is 1.10. The van der Waals surface area contributed by atoms with Gasteiger partial charge in [0.2, 0.25) is 0 Å². The van der Waals surface area contributed by atoms with Crippen LogP contribution in [-0.2, 0) is 12.7 Å². The fourth-order valence-electron chi connectivity index (χ4n) is 3.18. The van der Waals surface area contributed by atoms with E-state index in [-0.39, 0.29) is 0 Å². The van der Waals surface area contributed by atoms with Crippen molar-refractivity contribution in [3.8, 4) is 22.6 Å². The summed E-state index contributed by atoms with van der Waals surface area (Å²) in [5, 5.41) is 10.3. The minimum Gasteiger partial charge on any atom is -0.457 e. The Labute approximate surface area is 183 Å². The van der Waals surface area contributed by atoms with Crippen molar-refractivity contribution in [3.63, 3.8) is 0 Å². The lowest BCUT2D eigenvalue weighted by Gasteiger charge is -2.15. The standard InChI is InChI=1S/C21H13F3N4OS2/c22-21(23,24)15-1-3-18(17(10-15)13-5-6-26-27-11-13)29-16-2-4-19-14(9-16)12-28(31-19)20-25-7-8-30-20/h1-11H,12H2. The highest BCUT2D eigenvalue weighted by Gasteiger charge is 2.31. The predicted octanol–water partition coefficient (Wildman–Crippen LogP) is 6.44. The van der Waals surface area contributed by atoms with Gasteiger partial charge >= 0.3 is 6.18 Å². The molecule has 0 aliphatic carbocycles. The van der Waals surface area contributed by atoms with Crippen LogP contribution in [0.25, 0.3) is 11.1 Å². The van der Waals surface area contributed by atoms with Gasteiger partial charge in [0.15, 0.2) is 5.13 Å². The molecule has 1 aliphatic rings. The van der Waals surface area contributed by atoms with Crippen molar-refractivity contribution in [2.75, 3.05) is 4.31 Å². The summed E-state index contributed by atoms with van der Waals surface area (Å²) in [6.07, 6.45) is 0.142. The van der Waals surface area contributed by atoms with E-state index in [4.69, 9.17) is 4.74 Å². The number of anilines is 1. The highest BCUT2D eigenvalue weighted by molar-refractivity contribution is 8.01. The van der Waals surface area contributed by atoms with Gasteiger partial charge < -0.3 is 4.74 Å². The molecule has 0 amide bonds. The number of alkyl halides is 3. The predicted molar refractivity (Wildman–Crippen MR) is 113 cm³/mol. The molecule has 1 aliphatic heterocycles. The van der Waals surface area contributed by atoms with Crippen LogP contribution in [0.5, 0.6) is 11.5 Å². The van der Waals surface area contributed by atoms with E-state index in [0.29, 0.717) is 29.2 Å². The number of rotatable bonds is 4. The minimum absolute atomic E-state index is 0.295. The van der Waals surface area contributed by atoms with Gasteiger partial charge in [-0.2, -0.15) is 23.4 Å². The molecule has 0 bridgehead atoms. The zero-order valence-corrected chi connectivity index (χ0v) is 17.3. The number of thiazole rings is 1. The van der Waals surface area contributed by atoms with E-state index in [2.05, 4.69) is 19.5 Å². The van der Waals surface area contributed by atoms with Crippen molar-refractivity contribution in [2.45, 2.75) is 17.6 Å². The molecule has 0 atom stereocenters. The maximum Gasteiger partial charge on any atom is 0.416 e. The number of halogens is 3. The number of aromatic nitrogens is 3. The average molecular weight is 458 g/mol. The molecule has 0 spiro atoms. The zero-order chi connectivity index (χ0) is 21.4. The van der Waals surface area contributed by atoms with Crippen LogP contribution < -0.4 is 9.04 Å². The van der Waals surface area contributed by atoms with Gasteiger partial charge in [0.25, 0.3) is 0 Å². The maximum absolute atomic E-state index is 13.3. The quantitative estimate of drug-likeness (QED) is 0.328. The fraction of sp³-hybridized carbons (Fsp3) is 0.0952. The second kappa shape index (κ2) is 7.86. The summed E-state index contributed by atoms with van der Waals surface area (Å²) in [6.45, 7) is 0.666. The molecular weight excluding hydrogens is 445 g/mol. The van der Waals surface area contributed by atoms with Crippen LogP contribution in [0, 0.1) is 0 Å². The van der Waals surface area contributed by atoms with E-state index < -0.39 is 11.7 Å². The van der Waals surface area contributed by atoms with Gasteiger partial charge in [-0.1, -0.05) is 0 Å². The fourth-order valence-corrected chi connectivity index (χ4v) is 4.91. The largest absolute Gasteiger partial charge is 0.457 e. The van der Waals surface area contributed by atoms with Crippen molar-refractivity contribution in [3.05, 3.63) is 77.6 Å². The molecule has 5 rings (SSSR count). The third kappa shape index (κ3) is 4.08. The van der Waals surface area contributed by atoms with Crippen molar-refractivity contribution in [1.29, 1.82) is 0 Å². The first-order valence-corrected chi connectivity index (χ1v) is 10.8. The molecule has 156 valence electrons. The van der Waals surface area contributed by atoms with Gasteiger partial charge in [-0.3, -0.25) is 4.31 Å². The molecule has 10 heteroatoms. The zero-order valence-electron chi connectivity index (χ0n) is 15.7. The van der Waals surface area contributed by atoms with Crippen molar-refractivity contribution in [2.24, 2.45) is 0 Å². The van der Waals surface area contributed by atoms with Crippen LogP contribution in [-0.4, -0.2) is 15.2 Å². The van der Waals surface area contributed by atoms with Crippen LogP contribution >= 0.6 is 23.3 Å². The van der Waals surface area contributed by atoms with Gasteiger partial charge in [-0.15, -0.1) is 11.3 Å². The van der Waals surface area contributed by atoms with Crippen LogP contribution in [0.1, 0.15) is 11.1 Å². The van der Waals surface area contributed by atoms with Crippen LogP contribution in [0.3, 0.4) is 0 Å². The SMILES string of the molecule is FC(F)(F)c1ccc(Oc2ccc3c(c2)CN(c2nccs2)S3)c(-c2ccnnc2)c1. The average Bonchev–Trinajstić information content (AvgIpc) is 3.43. The van der Waals surface area contributed by atoms with Crippen molar-refractivity contribution >= 4 is 28.4 Å². The van der Waals surface area contributed by atoms with Crippen LogP contribution in [0.4, 0.5) is 18.3 Å². The van der Waals surface area contributed by atoms with Gasteiger partial charge in [-0.25, -0.2) is 4.98 Å². The molecule has 3 heterocycles. The van der Waals surface area contributed by atoms with E-state index >= 15 is 0 Å². The Morgan fingerprint density at radius 2 is 1.90 bits per heavy atom. The Morgan fingerprint density at radius 1 is 1.00 bits per heavy atom. The monoisotopic (exact) mass is 458 g/mol. The molecule has 5 nitrogen and oxygen atoms in total. The molecular formula is C21H13F3N4OS2. The molecule has 0 N–H and O–H groups in total. The van der Waals surface area contributed by atoms with Crippen LogP contribution in [0.2, 0.25) is 0 Å². The lowest BCUT2D eigenvalue weighted by molar-refractivity contribution is -0.137. The Kier molecular flexibility index (Phi) is 5.03. The molecule has 0 radical (unpaired) electrons. The Morgan fingerprint density at radius 3 is 2.65 bits per heavy atom. The number of hydrogen-bond donors (Lipinski definition) is 0. The summed E-state index contributed by atoms with van der Waals surface area (Å²) in [5.74, 6) is 0.853. The normalized spacial score (nSPS) is 13.3. The molecule has 31 heavy (non-hydrogen) atoms. The van der Waals surface area contributed by atoms with Crippen molar-refractivity contribution in [1.82, 2.24) is 15.2 Å². The smallest absolute Gasteiger partial charge is 0.416 e. The maximum atomic E-state index is 13.3. The molecule has 2 aromatic heterocycles. The minimum atomic E-state index is -4.46. The molecule has 0 saturated carbocycles. The number of benzene rings is 2. The van der Waals surface area contributed by atoms with E-state index in [0.717, 1.165) is 27.7 Å². The molecule has 0 saturated heterocycles. The second-order valence-electron chi connectivity index (χ2n) is 6.65. The number of nitrogens with zero attached hydrogens (tertiary/aromatic N) is 4. The van der Waals surface area contributed by atoms with E-state index in [1.165, 1.54) is 18.5 Å².